The third-order valence-electron chi connectivity index (χ3n) is 4.17. The summed E-state index contributed by atoms with van der Waals surface area (Å²) in [5.41, 5.74) is 3.42. The van der Waals surface area contributed by atoms with Gasteiger partial charge in [0.1, 0.15) is 16.5 Å². The van der Waals surface area contributed by atoms with Crippen molar-refractivity contribution in [3.63, 3.8) is 0 Å². The molecule has 2 aromatic carbocycles. The highest BCUT2D eigenvalue weighted by molar-refractivity contribution is 7.71. The van der Waals surface area contributed by atoms with Gasteiger partial charge in [0.25, 0.3) is 5.56 Å². The fourth-order valence-electron chi connectivity index (χ4n) is 2.91. The van der Waals surface area contributed by atoms with Crippen molar-refractivity contribution in [2.24, 2.45) is 0 Å². The predicted molar refractivity (Wildman–Crippen MR) is 108 cm³/mol. The summed E-state index contributed by atoms with van der Waals surface area (Å²) >= 11 is 0. The van der Waals surface area contributed by atoms with Gasteiger partial charge in [-0.15, -0.1) is 0 Å². The number of hydrogen-bond acceptors (Lipinski definition) is 4. The second-order valence-electron chi connectivity index (χ2n) is 6.55. The number of thiol groups is 1. The van der Waals surface area contributed by atoms with Crippen molar-refractivity contribution in [1.29, 1.82) is 0 Å². The molecule has 1 aromatic heterocycles. The molecule has 28 heavy (non-hydrogen) atoms. The molecule has 1 heterocycles. The summed E-state index contributed by atoms with van der Waals surface area (Å²) in [5.74, 6) is -0.434. The first-order valence-electron chi connectivity index (χ1n) is 8.56. The molecule has 0 bridgehead atoms. The van der Waals surface area contributed by atoms with Crippen LogP contribution in [0.25, 0.3) is 22.3 Å². The molecule has 0 aliphatic rings. The highest BCUT2D eigenvalue weighted by Gasteiger charge is 2.15. The van der Waals surface area contributed by atoms with Crippen LogP contribution in [0, 0.1) is 5.82 Å². The SMILES string of the molecule is C=C(C)Cn1ncc(-c2ccc(C[SH](=O)=O)cc2)c(-c2ccc(F)cc2)c1=O. The van der Waals surface area contributed by atoms with E-state index in [1.54, 1.807) is 49.5 Å². The molecule has 0 atom stereocenters. The third kappa shape index (κ3) is 4.43. The van der Waals surface area contributed by atoms with Crippen LogP contribution in [0.2, 0.25) is 0 Å². The minimum atomic E-state index is -2.51. The molecule has 0 aliphatic heterocycles. The number of halogens is 1. The van der Waals surface area contributed by atoms with Crippen LogP contribution >= 0.6 is 0 Å². The van der Waals surface area contributed by atoms with Gasteiger partial charge in [-0.3, -0.25) is 4.79 Å². The van der Waals surface area contributed by atoms with E-state index >= 15 is 0 Å². The normalized spacial score (nSPS) is 11.0. The maximum atomic E-state index is 13.4. The molecule has 3 aromatic rings. The Kier molecular flexibility index (Phi) is 5.84. The summed E-state index contributed by atoms with van der Waals surface area (Å²) in [7, 11) is -2.51. The second-order valence-corrected chi connectivity index (χ2v) is 7.53. The number of rotatable bonds is 6. The third-order valence-corrected chi connectivity index (χ3v) is 4.80. The Labute approximate surface area is 163 Å². The predicted octanol–water partition coefficient (Wildman–Crippen LogP) is 3.40. The van der Waals surface area contributed by atoms with E-state index in [9.17, 15) is 17.6 Å². The molecule has 144 valence electrons. The first kappa shape index (κ1) is 19.7. The second kappa shape index (κ2) is 8.31. The Morgan fingerprint density at radius 2 is 1.68 bits per heavy atom. The van der Waals surface area contributed by atoms with Crippen LogP contribution in [-0.2, 0) is 23.0 Å². The van der Waals surface area contributed by atoms with Crippen LogP contribution in [0.1, 0.15) is 12.5 Å². The summed E-state index contributed by atoms with van der Waals surface area (Å²) in [4.78, 5) is 13.1. The Morgan fingerprint density at radius 3 is 2.25 bits per heavy atom. The van der Waals surface area contributed by atoms with Crippen molar-refractivity contribution in [1.82, 2.24) is 9.78 Å². The minimum Gasteiger partial charge on any atom is -0.267 e. The van der Waals surface area contributed by atoms with E-state index in [0.717, 1.165) is 11.1 Å². The van der Waals surface area contributed by atoms with E-state index < -0.39 is 16.5 Å². The molecule has 0 fully saturated rings. The molecule has 7 heteroatoms. The van der Waals surface area contributed by atoms with E-state index in [0.29, 0.717) is 22.3 Å². The average Bonchev–Trinajstić information content (AvgIpc) is 2.64. The zero-order valence-electron chi connectivity index (χ0n) is 15.3. The molecule has 5 nitrogen and oxygen atoms in total. The van der Waals surface area contributed by atoms with Crippen LogP contribution in [0.4, 0.5) is 4.39 Å². The van der Waals surface area contributed by atoms with Crippen LogP contribution in [0.5, 0.6) is 0 Å². The molecule has 0 aliphatic carbocycles. The summed E-state index contributed by atoms with van der Waals surface area (Å²) in [6.45, 7) is 5.91. The molecule has 0 amide bonds. The Hall–Kier alpha value is -3.06. The smallest absolute Gasteiger partial charge is 0.267 e. The topological polar surface area (TPSA) is 69.0 Å². The van der Waals surface area contributed by atoms with Gasteiger partial charge in [0, 0.05) is 5.56 Å². The standard InChI is InChI=1S/C21H19FN2O3S/c1-14(2)12-24-21(25)20(17-7-9-18(22)10-8-17)19(11-23-24)16-5-3-15(4-6-16)13-28(26)27/h3-11,28H,1,12-13H2,2H3. The summed E-state index contributed by atoms with van der Waals surface area (Å²) in [5, 5.41) is 4.24. The molecular weight excluding hydrogens is 379 g/mol. The largest absolute Gasteiger partial charge is 0.275 e. The zero-order valence-corrected chi connectivity index (χ0v) is 16.2. The van der Waals surface area contributed by atoms with Crippen molar-refractivity contribution in [2.45, 2.75) is 19.2 Å². The summed E-state index contributed by atoms with van der Waals surface area (Å²) in [6, 6.07) is 12.6. The van der Waals surface area contributed by atoms with Crippen molar-refractivity contribution in [3.8, 4) is 22.3 Å². The molecule has 3 rings (SSSR count). The molecule has 0 saturated heterocycles. The van der Waals surface area contributed by atoms with E-state index in [2.05, 4.69) is 11.7 Å². The first-order valence-corrected chi connectivity index (χ1v) is 9.93. The van der Waals surface area contributed by atoms with Crippen molar-refractivity contribution in [2.75, 3.05) is 0 Å². The Bertz CT molecular complexity index is 1140. The number of benzene rings is 2. The van der Waals surface area contributed by atoms with E-state index in [-0.39, 0.29) is 17.9 Å². The van der Waals surface area contributed by atoms with Gasteiger partial charge in [-0.25, -0.2) is 17.5 Å². The van der Waals surface area contributed by atoms with E-state index in [1.807, 2.05) is 0 Å². The van der Waals surface area contributed by atoms with Crippen molar-refractivity contribution in [3.05, 3.63) is 88.6 Å². The highest BCUT2D eigenvalue weighted by Crippen LogP contribution is 2.29. The lowest BCUT2D eigenvalue weighted by molar-refractivity contribution is 0.614. The lowest BCUT2D eigenvalue weighted by Crippen LogP contribution is -2.25. The number of allylic oxidation sites excluding steroid dienone is 1. The molecule has 0 radical (unpaired) electrons. The molecular formula is C21H19FN2O3S. The summed E-state index contributed by atoms with van der Waals surface area (Å²) < 4.78 is 36.5. The van der Waals surface area contributed by atoms with Crippen LogP contribution in [-0.4, -0.2) is 18.2 Å². The fraction of sp³-hybridized carbons (Fsp3) is 0.143. The van der Waals surface area contributed by atoms with Crippen molar-refractivity contribution < 1.29 is 12.8 Å². The highest BCUT2D eigenvalue weighted by atomic mass is 32.2. The van der Waals surface area contributed by atoms with Gasteiger partial charge in [0.15, 0.2) is 0 Å². The van der Waals surface area contributed by atoms with Crippen LogP contribution in [0.15, 0.2) is 71.7 Å². The van der Waals surface area contributed by atoms with Crippen LogP contribution < -0.4 is 5.56 Å². The molecule has 0 unspecified atom stereocenters. The molecule has 0 saturated carbocycles. The first-order chi connectivity index (χ1) is 13.3. The number of nitrogens with zero attached hydrogens (tertiary/aromatic N) is 2. The number of hydrogen-bond donors (Lipinski definition) is 1. The Balaban J connectivity index is 2.17. The van der Waals surface area contributed by atoms with E-state index in [1.165, 1.54) is 16.8 Å². The van der Waals surface area contributed by atoms with Gasteiger partial charge in [0.2, 0.25) is 0 Å². The average molecular weight is 398 g/mol. The van der Waals surface area contributed by atoms with E-state index in [4.69, 9.17) is 0 Å². The monoisotopic (exact) mass is 398 g/mol. The number of aromatic nitrogens is 2. The van der Waals surface area contributed by atoms with Gasteiger partial charge in [-0.1, -0.05) is 48.6 Å². The van der Waals surface area contributed by atoms with Gasteiger partial charge in [0.05, 0.1) is 24.1 Å². The quantitative estimate of drug-likeness (QED) is 0.510. The maximum Gasteiger partial charge on any atom is 0.275 e. The van der Waals surface area contributed by atoms with Gasteiger partial charge in [-0.05, 0) is 35.7 Å². The molecule has 0 spiro atoms. The summed E-state index contributed by atoms with van der Waals surface area (Å²) in [6.07, 6.45) is 1.59. The lowest BCUT2D eigenvalue weighted by Gasteiger charge is -2.13. The fourth-order valence-corrected chi connectivity index (χ4v) is 3.42. The van der Waals surface area contributed by atoms with Crippen LogP contribution in [0.3, 0.4) is 0 Å². The maximum absolute atomic E-state index is 13.4. The Morgan fingerprint density at radius 1 is 1.07 bits per heavy atom. The minimum absolute atomic E-state index is 0.0428. The van der Waals surface area contributed by atoms with Crippen molar-refractivity contribution >= 4 is 10.7 Å². The zero-order chi connectivity index (χ0) is 20.3. The molecule has 0 N–H and O–H groups in total. The van der Waals surface area contributed by atoms with Gasteiger partial charge >= 0.3 is 0 Å². The lowest BCUT2D eigenvalue weighted by atomic mass is 9.96. The van der Waals surface area contributed by atoms with Gasteiger partial charge in [-0.2, -0.15) is 5.10 Å². The van der Waals surface area contributed by atoms with Gasteiger partial charge < -0.3 is 0 Å².